The summed E-state index contributed by atoms with van der Waals surface area (Å²) in [5, 5.41) is 13.5. The minimum absolute atomic E-state index is 0.0163. The lowest BCUT2D eigenvalue weighted by Crippen LogP contribution is -2.31. The van der Waals surface area contributed by atoms with Gasteiger partial charge in [-0.2, -0.15) is 0 Å². The van der Waals surface area contributed by atoms with E-state index in [1.165, 1.54) is 0 Å². The van der Waals surface area contributed by atoms with Crippen molar-refractivity contribution >= 4 is 23.7 Å². The van der Waals surface area contributed by atoms with Crippen molar-refractivity contribution in [1.29, 1.82) is 0 Å². The minimum Gasteiger partial charge on any atom is -0.478 e. The first-order chi connectivity index (χ1) is 9.93. The van der Waals surface area contributed by atoms with Gasteiger partial charge in [-0.05, 0) is 25.1 Å². The lowest BCUT2D eigenvalue weighted by atomic mass is 10.2. The highest BCUT2D eigenvalue weighted by molar-refractivity contribution is 6.00. The number of carbonyl (C=O) groups excluding carboxylic acids is 2. The molecule has 21 heavy (non-hydrogen) atoms. The number of carbonyl (C=O) groups is 3. The number of nitrogens with one attached hydrogen (secondary N) is 2. The Kier molecular flexibility index (Phi) is 6.12. The molecule has 0 radical (unpaired) electrons. The van der Waals surface area contributed by atoms with Gasteiger partial charge in [0.25, 0.3) is 0 Å². The van der Waals surface area contributed by atoms with Crippen LogP contribution in [0.5, 0.6) is 0 Å². The zero-order valence-electron chi connectivity index (χ0n) is 11.3. The van der Waals surface area contributed by atoms with Crippen LogP contribution in [0.15, 0.2) is 18.2 Å². The van der Waals surface area contributed by atoms with Gasteiger partial charge in [-0.1, -0.05) is 0 Å². The molecule has 0 bridgehead atoms. The molecule has 0 saturated carbocycles. The van der Waals surface area contributed by atoms with Crippen LogP contribution in [-0.4, -0.2) is 36.2 Å². The zero-order valence-corrected chi connectivity index (χ0v) is 11.3. The van der Waals surface area contributed by atoms with Crippen LogP contribution in [0.4, 0.5) is 14.9 Å². The van der Waals surface area contributed by atoms with Crippen LogP contribution in [0, 0.1) is 5.82 Å². The standard InChI is InChI=1S/C13H15FN2O5/c1-2-21-11(17)5-6-15-13(20)16-10-7-8(14)3-4-9(10)12(18)19/h3-4,7H,2,5-6H2,1H3,(H,18,19)(H2,15,16,20). The van der Waals surface area contributed by atoms with Crippen molar-refractivity contribution in [2.24, 2.45) is 0 Å². The summed E-state index contributed by atoms with van der Waals surface area (Å²) < 4.78 is 17.7. The van der Waals surface area contributed by atoms with Crippen LogP contribution in [0.25, 0.3) is 0 Å². The van der Waals surface area contributed by atoms with Gasteiger partial charge in [-0.3, -0.25) is 4.79 Å². The molecule has 0 aliphatic carbocycles. The number of urea groups is 1. The summed E-state index contributed by atoms with van der Waals surface area (Å²) in [5.41, 5.74) is -0.409. The molecule has 0 aliphatic heterocycles. The summed E-state index contributed by atoms with van der Waals surface area (Å²) in [5.74, 6) is -2.44. The monoisotopic (exact) mass is 298 g/mol. The number of benzene rings is 1. The van der Waals surface area contributed by atoms with E-state index >= 15 is 0 Å². The first-order valence-corrected chi connectivity index (χ1v) is 6.17. The molecule has 0 fully saturated rings. The highest BCUT2D eigenvalue weighted by atomic mass is 19.1. The van der Waals surface area contributed by atoms with E-state index in [-0.39, 0.29) is 30.8 Å². The third-order valence-electron chi connectivity index (χ3n) is 2.38. The third kappa shape index (κ3) is 5.47. The average Bonchev–Trinajstić information content (AvgIpc) is 2.38. The molecule has 0 aromatic heterocycles. The Morgan fingerprint density at radius 2 is 2.05 bits per heavy atom. The molecule has 8 heteroatoms. The molecule has 7 nitrogen and oxygen atoms in total. The fourth-order valence-electron chi connectivity index (χ4n) is 1.48. The lowest BCUT2D eigenvalue weighted by Gasteiger charge is -2.10. The molecule has 0 atom stereocenters. The largest absolute Gasteiger partial charge is 0.478 e. The Bertz CT molecular complexity index is 547. The van der Waals surface area contributed by atoms with E-state index in [1.54, 1.807) is 6.92 Å². The smallest absolute Gasteiger partial charge is 0.337 e. The molecule has 1 aromatic rings. The van der Waals surface area contributed by atoms with Crippen molar-refractivity contribution in [3.05, 3.63) is 29.6 Å². The third-order valence-corrected chi connectivity index (χ3v) is 2.38. The Hall–Kier alpha value is -2.64. The predicted octanol–water partition coefficient (Wildman–Crippen LogP) is 1.60. The molecule has 0 spiro atoms. The molecule has 0 heterocycles. The highest BCUT2D eigenvalue weighted by Crippen LogP contribution is 2.17. The molecule has 0 unspecified atom stereocenters. The fourth-order valence-corrected chi connectivity index (χ4v) is 1.48. The van der Waals surface area contributed by atoms with Gasteiger partial charge >= 0.3 is 18.0 Å². The maximum Gasteiger partial charge on any atom is 0.337 e. The molecule has 3 N–H and O–H groups in total. The van der Waals surface area contributed by atoms with Gasteiger partial charge < -0.3 is 20.5 Å². The second-order valence-corrected chi connectivity index (χ2v) is 3.93. The lowest BCUT2D eigenvalue weighted by molar-refractivity contribution is -0.142. The number of anilines is 1. The Labute approximate surface area is 120 Å². The minimum atomic E-state index is -1.29. The molecule has 1 aromatic carbocycles. The van der Waals surface area contributed by atoms with E-state index in [0.717, 1.165) is 18.2 Å². The van der Waals surface area contributed by atoms with Crippen LogP contribution in [-0.2, 0) is 9.53 Å². The van der Waals surface area contributed by atoms with E-state index in [4.69, 9.17) is 5.11 Å². The summed E-state index contributed by atoms with van der Waals surface area (Å²) in [6.07, 6.45) is -0.0177. The van der Waals surface area contributed by atoms with E-state index in [1.807, 2.05) is 0 Å². The summed E-state index contributed by atoms with van der Waals surface area (Å²) in [6, 6.07) is 2.18. The van der Waals surface area contributed by atoms with Crippen molar-refractivity contribution in [3.63, 3.8) is 0 Å². The summed E-state index contributed by atoms with van der Waals surface area (Å²) in [4.78, 5) is 33.5. The van der Waals surface area contributed by atoms with Gasteiger partial charge in [0.2, 0.25) is 0 Å². The number of amides is 2. The number of aromatic carboxylic acids is 1. The van der Waals surface area contributed by atoms with Gasteiger partial charge in [0, 0.05) is 6.54 Å². The summed E-state index contributed by atoms with van der Waals surface area (Å²) in [6.45, 7) is 1.92. The summed E-state index contributed by atoms with van der Waals surface area (Å²) in [7, 11) is 0. The van der Waals surface area contributed by atoms with Crippen LogP contribution in [0.2, 0.25) is 0 Å². The molecule has 0 aliphatic rings. The summed E-state index contributed by atoms with van der Waals surface area (Å²) >= 11 is 0. The highest BCUT2D eigenvalue weighted by Gasteiger charge is 2.13. The van der Waals surface area contributed by atoms with Gasteiger partial charge in [-0.25, -0.2) is 14.0 Å². The molecular formula is C13H15FN2O5. The fraction of sp³-hybridized carbons (Fsp3) is 0.308. The van der Waals surface area contributed by atoms with E-state index in [0.29, 0.717) is 0 Å². The number of ether oxygens (including phenoxy) is 1. The van der Waals surface area contributed by atoms with Crippen molar-refractivity contribution < 1.29 is 28.6 Å². The second-order valence-electron chi connectivity index (χ2n) is 3.93. The van der Waals surface area contributed by atoms with Gasteiger partial charge in [0.1, 0.15) is 5.82 Å². The number of rotatable bonds is 6. The van der Waals surface area contributed by atoms with Crippen molar-refractivity contribution in [3.8, 4) is 0 Å². The SMILES string of the molecule is CCOC(=O)CCNC(=O)Nc1cc(F)ccc1C(=O)O. The van der Waals surface area contributed by atoms with Crippen LogP contribution < -0.4 is 10.6 Å². The number of halogens is 1. The van der Waals surface area contributed by atoms with E-state index in [9.17, 15) is 18.8 Å². The van der Waals surface area contributed by atoms with Gasteiger partial charge in [0.15, 0.2) is 0 Å². The van der Waals surface area contributed by atoms with E-state index in [2.05, 4.69) is 15.4 Å². The second kappa shape index (κ2) is 7.83. The van der Waals surface area contributed by atoms with Gasteiger partial charge in [0.05, 0.1) is 24.3 Å². The van der Waals surface area contributed by atoms with Crippen molar-refractivity contribution in [2.75, 3.05) is 18.5 Å². The predicted molar refractivity (Wildman–Crippen MR) is 71.6 cm³/mol. The first kappa shape index (κ1) is 16.4. The molecular weight excluding hydrogens is 283 g/mol. The maximum atomic E-state index is 13.1. The van der Waals surface area contributed by atoms with Crippen molar-refractivity contribution in [2.45, 2.75) is 13.3 Å². The van der Waals surface area contributed by atoms with Crippen LogP contribution in [0.1, 0.15) is 23.7 Å². The van der Waals surface area contributed by atoms with Crippen LogP contribution in [0.3, 0.4) is 0 Å². The number of carboxylic acid groups (broad SMARTS) is 1. The molecule has 1 rings (SSSR count). The van der Waals surface area contributed by atoms with Crippen molar-refractivity contribution in [1.82, 2.24) is 5.32 Å². The van der Waals surface area contributed by atoms with Gasteiger partial charge in [-0.15, -0.1) is 0 Å². The number of hydrogen-bond acceptors (Lipinski definition) is 4. The van der Waals surface area contributed by atoms with Crippen LogP contribution >= 0.6 is 0 Å². The maximum absolute atomic E-state index is 13.1. The normalized spacial score (nSPS) is 9.81. The Morgan fingerprint density at radius 3 is 2.67 bits per heavy atom. The molecule has 2 amide bonds. The molecule has 114 valence electrons. The quantitative estimate of drug-likeness (QED) is 0.692. The molecule has 0 saturated heterocycles. The topological polar surface area (TPSA) is 105 Å². The number of carboxylic acids is 1. The average molecular weight is 298 g/mol. The Morgan fingerprint density at radius 1 is 1.33 bits per heavy atom. The van der Waals surface area contributed by atoms with E-state index < -0.39 is 23.8 Å². The first-order valence-electron chi connectivity index (χ1n) is 6.17. The Balaban J connectivity index is 2.57. The zero-order chi connectivity index (χ0) is 15.8. The number of hydrogen-bond donors (Lipinski definition) is 3. The number of esters is 1.